The standard InChI is InChI=1S/C26H23Cl2N3O3S2/c1-17-9-11-18(12-10-17)36(33,34)31-15-13-30(14-16-31)24-20(27)6-4-7-21(24)29-26(32)25-23(28)19-5-2-3-8-22(19)35-25/h2-12H,13-16H2,1H3,(H,29,32). The van der Waals surface area contributed by atoms with E-state index in [4.69, 9.17) is 23.2 Å². The Balaban J connectivity index is 1.36. The van der Waals surface area contributed by atoms with Crippen molar-refractivity contribution in [3.05, 3.63) is 87.2 Å². The smallest absolute Gasteiger partial charge is 0.267 e. The third-order valence-corrected chi connectivity index (χ3v) is 10.1. The van der Waals surface area contributed by atoms with E-state index in [2.05, 4.69) is 5.32 Å². The maximum atomic E-state index is 13.2. The van der Waals surface area contributed by atoms with E-state index < -0.39 is 10.0 Å². The van der Waals surface area contributed by atoms with Crippen LogP contribution < -0.4 is 10.2 Å². The van der Waals surface area contributed by atoms with Gasteiger partial charge >= 0.3 is 0 Å². The molecule has 1 amide bonds. The molecule has 1 aliphatic rings. The number of benzene rings is 3. The van der Waals surface area contributed by atoms with E-state index in [1.807, 2.05) is 36.1 Å². The highest BCUT2D eigenvalue weighted by atomic mass is 35.5. The van der Waals surface area contributed by atoms with Gasteiger partial charge in [-0.15, -0.1) is 11.3 Å². The molecule has 5 rings (SSSR count). The van der Waals surface area contributed by atoms with Crippen molar-refractivity contribution in [1.29, 1.82) is 0 Å². The Morgan fingerprint density at radius 3 is 2.31 bits per heavy atom. The van der Waals surface area contributed by atoms with Crippen molar-refractivity contribution in [2.75, 3.05) is 36.4 Å². The van der Waals surface area contributed by atoms with E-state index in [-0.39, 0.29) is 10.8 Å². The van der Waals surface area contributed by atoms with Crippen molar-refractivity contribution in [3.8, 4) is 0 Å². The van der Waals surface area contributed by atoms with Crippen molar-refractivity contribution in [2.45, 2.75) is 11.8 Å². The van der Waals surface area contributed by atoms with Gasteiger partial charge in [-0.2, -0.15) is 4.31 Å². The molecule has 2 heterocycles. The van der Waals surface area contributed by atoms with Crippen LogP contribution in [0.1, 0.15) is 15.2 Å². The van der Waals surface area contributed by atoms with E-state index in [1.54, 1.807) is 42.5 Å². The van der Waals surface area contributed by atoms with Gasteiger partial charge in [0.05, 0.1) is 26.3 Å². The third kappa shape index (κ3) is 4.71. The molecule has 0 aliphatic carbocycles. The van der Waals surface area contributed by atoms with Gasteiger partial charge in [0.15, 0.2) is 0 Å². The second-order valence-corrected chi connectivity index (χ2v) is 12.3. The maximum Gasteiger partial charge on any atom is 0.267 e. The van der Waals surface area contributed by atoms with E-state index in [9.17, 15) is 13.2 Å². The summed E-state index contributed by atoms with van der Waals surface area (Å²) in [5.41, 5.74) is 2.22. The predicted octanol–water partition coefficient (Wildman–Crippen LogP) is 6.28. The van der Waals surface area contributed by atoms with Gasteiger partial charge in [0, 0.05) is 36.3 Å². The van der Waals surface area contributed by atoms with Crippen molar-refractivity contribution >= 4 is 71.9 Å². The molecule has 0 spiro atoms. The molecular formula is C26H23Cl2N3O3S2. The molecule has 10 heteroatoms. The molecule has 0 saturated carbocycles. The van der Waals surface area contributed by atoms with Crippen LogP contribution in [0.3, 0.4) is 0 Å². The number of carbonyl (C=O) groups excluding carboxylic acids is 1. The SMILES string of the molecule is Cc1ccc(S(=O)(=O)N2CCN(c3c(Cl)cccc3NC(=O)c3sc4ccccc4c3Cl)CC2)cc1. The number of hydrogen-bond donors (Lipinski definition) is 1. The highest BCUT2D eigenvalue weighted by Gasteiger charge is 2.30. The fourth-order valence-corrected chi connectivity index (χ4v) is 7.42. The Kier molecular flexibility index (Phi) is 6.98. The fraction of sp³-hybridized carbons (Fsp3) is 0.192. The largest absolute Gasteiger partial charge is 0.366 e. The molecule has 1 aliphatic heterocycles. The number of rotatable bonds is 5. The number of para-hydroxylation sites is 1. The van der Waals surface area contributed by atoms with Crippen molar-refractivity contribution in [3.63, 3.8) is 0 Å². The molecule has 0 unspecified atom stereocenters. The first-order valence-electron chi connectivity index (χ1n) is 11.3. The molecule has 0 radical (unpaired) electrons. The Labute approximate surface area is 224 Å². The average Bonchev–Trinajstić information content (AvgIpc) is 3.21. The van der Waals surface area contributed by atoms with E-state index in [0.29, 0.717) is 52.5 Å². The Morgan fingerprint density at radius 1 is 0.917 bits per heavy atom. The van der Waals surface area contributed by atoms with Gasteiger partial charge in [-0.05, 0) is 37.3 Å². The van der Waals surface area contributed by atoms with Crippen LogP contribution in [0.15, 0.2) is 71.6 Å². The molecule has 0 bridgehead atoms. The molecular weight excluding hydrogens is 537 g/mol. The quantitative estimate of drug-likeness (QED) is 0.312. The summed E-state index contributed by atoms with van der Waals surface area (Å²) >= 11 is 14.4. The van der Waals surface area contributed by atoms with Gasteiger partial charge in [-0.1, -0.05) is 65.2 Å². The zero-order valence-electron chi connectivity index (χ0n) is 19.4. The van der Waals surface area contributed by atoms with Crippen LogP contribution in [0.4, 0.5) is 11.4 Å². The first-order chi connectivity index (χ1) is 17.3. The molecule has 3 aromatic carbocycles. The van der Waals surface area contributed by atoms with Crippen molar-refractivity contribution < 1.29 is 13.2 Å². The minimum Gasteiger partial charge on any atom is -0.366 e. The second-order valence-electron chi connectivity index (χ2n) is 8.54. The normalized spacial score (nSPS) is 14.8. The Morgan fingerprint density at radius 2 is 1.61 bits per heavy atom. The summed E-state index contributed by atoms with van der Waals surface area (Å²) in [4.78, 5) is 15.9. The Hall–Kier alpha value is -2.62. The summed E-state index contributed by atoms with van der Waals surface area (Å²) in [6, 6.07) is 19.8. The fourth-order valence-electron chi connectivity index (χ4n) is 4.29. The monoisotopic (exact) mass is 559 g/mol. The zero-order chi connectivity index (χ0) is 25.4. The molecule has 6 nitrogen and oxygen atoms in total. The van der Waals surface area contributed by atoms with Crippen LogP contribution in [-0.2, 0) is 10.0 Å². The lowest BCUT2D eigenvalue weighted by molar-refractivity contribution is 0.103. The van der Waals surface area contributed by atoms with Gasteiger partial charge in [-0.25, -0.2) is 8.42 Å². The topological polar surface area (TPSA) is 69.7 Å². The molecule has 1 N–H and O–H groups in total. The van der Waals surface area contributed by atoms with Crippen LogP contribution in [0.5, 0.6) is 0 Å². The zero-order valence-corrected chi connectivity index (χ0v) is 22.5. The number of carbonyl (C=O) groups is 1. The van der Waals surface area contributed by atoms with E-state index in [1.165, 1.54) is 15.6 Å². The van der Waals surface area contributed by atoms with Gasteiger partial charge in [0.2, 0.25) is 10.0 Å². The first kappa shape index (κ1) is 25.0. The number of halogens is 2. The highest BCUT2D eigenvalue weighted by molar-refractivity contribution is 7.89. The minimum absolute atomic E-state index is 0.285. The van der Waals surface area contributed by atoms with Gasteiger partial charge in [-0.3, -0.25) is 4.79 Å². The molecule has 1 fully saturated rings. The summed E-state index contributed by atoms with van der Waals surface area (Å²) in [5.74, 6) is -0.315. The number of anilines is 2. The summed E-state index contributed by atoms with van der Waals surface area (Å²) in [5, 5.41) is 4.71. The van der Waals surface area contributed by atoms with E-state index in [0.717, 1.165) is 15.6 Å². The summed E-state index contributed by atoms with van der Waals surface area (Å²) < 4.78 is 28.6. The van der Waals surface area contributed by atoms with Crippen LogP contribution in [-0.4, -0.2) is 44.8 Å². The summed E-state index contributed by atoms with van der Waals surface area (Å²) in [6.07, 6.45) is 0. The van der Waals surface area contributed by atoms with Crippen molar-refractivity contribution in [1.82, 2.24) is 4.31 Å². The average molecular weight is 561 g/mol. The van der Waals surface area contributed by atoms with E-state index >= 15 is 0 Å². The maximum absolute atomic E-state index is 13.2. The number of sulfonamides is 1. The molecule has 1 aromatic heterocycles. The van der Waals surface area contributed by atoms with Crippen LogP contribution >= 0.6 is 34.5 Å². The molecule has 36 heavy (non-hydrogen) atoms. The summed E-state index contributed by atoms with van der Waals surface area (Å²) in [6.45, 7) is 3.39. The number of nitrogens with zero attached hydrogens (tertiary/aromatic N) is 2. The predicted molar refractivity (Wildman–Crippen MR) is 148 cm³/mol. The molecule has 1 saturated heterocycles. The number of thiophene rings is 1. The number of piperazine rings is 1. The van der Waals surface area contributed by atoms with Crippen LogP contribution in [0.25, 0.3) is 10.1 Å². The molecule has 4 aromatic rings. The third-order valence-electron chi connectivity index (χ3n) is 6.19. The Bertz CT molecular complexity index is 1540. The highest BCUT2D eigenvalue weighted by Crippen LogP contribution is 2.38. The first-order valence-corrected chi connectivity index (χ1v) is 14.4. The lowest BCUT2D eigenvalue weighted by Crippen LogP contribution is -2.49. The number of fused-ring (bicyclic) bond motifs is 1. The van der Waals surface area contributed by atoms with Crippen molar-refractivity contribution in [2.24, 2.45) is 0 Å². The molecule has 0 atom stereocenters. The van der Waals surface area contributed by atoms with Gasteiger partial charge in [0.25, 0.3) is 5.91 Å². The van der Waals surface area contributed by atoms with Crippen LogP contribution in [0.2, 0.25) is 10.0 Å². The molecule has 186 valence electrons. The second kappa shape index (κ2) is 10.0. The number of aryl methyl sites for hydroxylation is 1. The van der Waals surface area contributed by atoms with Gasteiger partial charge in [0.1, 0.15) is 4.88 Å². The summed E-state index contributed by atoms with van der Waals surface area (Å²) in [7, 11) is -3.59. The number of hydrogen-bond acceptors (Lipinski definition) is 5. The minimum atomic E-state index is -3.59. The lowest BCUT2D eigenvalue weighted by atomic mass is 10.2. The number of amides is 1. The number of nitrogens with one attached hydrogen (secondary N) is 1. The lowest BCUT2D eigenvalue weighted by Gasteiger charge is -2.36. The van der Waals surface area contributed by atoms with Crippen LogP contribution in [0, 0.1) is 6.92 Å². The van der Waals surface area contributed by atoms with Gasteiger partial charge < -0.3 is 10.2 Å².